The van der Waals surface area contributed by atoms with Gasteiger partial charge in [-0.2, -0.15) is 0 Å². The molecule has 1 aromatic rings. The van der Waals surface area contributed by atoms with Crippen molar-refractivity contribution < 1.29 is 4.79 Å². The first kappa shape index (κ1) is 13.9. The van der Waals surface area contributed by atoms with E-state index in [1.165, 1.54) is 12.8 Å². The highest BCUT2D eigenvalue weighted by molar-refractivity contribution is 6.34. The number of nitrogen functional groups attached to an aromatic ring is 1. The van der Waals surface area contributed by atoms with Crippen molar-refractivity contribution in [3.05, 3.63) is 41.4 Å². The van der Waals surface area contributed by atoms with Gasteiger partial charge in [-0.1, -0.05) is 36.6 Å². The van der Waals surface area contributed by atoms with Crippen LogP contribution in [0.4, 0.5) is 5.69 Å². The fourth-order valence-electron chi connectivity index (χ4n) is 2.66. The van der Waals surface area contributed by atoms with E-state index in [4.69, 9.17) is 17.3 Å². The predicted octanol–water partition coefficient (Wildman–Crippen LogP) is 3.49. The predicted molar refractivity (Wildman–Crippen MR) is 79.4 cm³/mol. The van der Waals surface area contributed by atoms with E-state index in [0.717, 1.165) is 12.8 Å². The van der Waals surface area contributed by atoms with Crippen molar-refractivity contribution in [3.8, 4) is 0 Å². The molecule has 1 aliphatic carbocycles. The third-order valence-corrected chi connectivity index (χ3v) is 3.93. The van der Waals surface area contributed by atoms with E-state index < -0.39 is 0 Å². The van der Waals surface area contributed by atoms with E-state index in [0.29, 0.717) is 22.8 Å². The number of benzene rings is 1. The summed E-state index contributed by atoms with van der Waals surface area (Å²) < 4.78 is 0. The van der Waals surface area contributed by atoms with Gasteiger partial charge in [-0.25, -0.2) is 0 Å². The number of nitrogens with zero attached hydrogens (tertiary/aromatic N) is 1. The second-order valence-corrected chi connectivity index (χ2v) is 5.30. The Morgan fingerprint density at radius 2 is 2.16 bits per heavy atom. The van der Waals surface area contributed by atoms with Gasteiger partial charge in [0.2, 0.25) is 0 Å². The van der Waals surface area contributed by atoms with Crippen LogP contribution in [0, 0.1) is 0 Å². The maximum absolute atomic E-state index is 12.7. The molecular formula is C15H19ClN2O. The number of halogens is 1. The molecule has 0 aliphatic heterocycles. The Bertz CT molecular complexity index is 461. The molecule has 2 N–H and O–H groups in total. The number of carbonyl (C=O) groups is 1. The molecular weight excluding hydrogens is 260 g/mol. The molecule has 102 valence electrons. The molecule has 1 fully saturated rings. The van der Waals surface area contributed by atoms with Gasteiger partial charge >= 0.3 is 0 Å². The van der Waals surface area contributed by atoms with Crippen LogP contribution >= 0.6 is 11.6 Å². The molecule has 1 amide bonds. The molecule has 0 unspecified atom stereocenters. The highest BCUT2D eigenvalue weighted by atomic mass is 35.5. The SMILES string of the molecule is C=CCN(C(=O)c1c(N)cccc1Cl)C1CCCC1. The molecule has 1 aliphatic rings. The molecule has 0 spiro atoms. The first-order valence-corrected chi connectivity index (χ1v) is 6.98. The van der Waals surface area contributed by atoms with Gasteiger partial charge in [-0.05, 0) is 25.0 Å². The Morgan fingerprint density at radius 3 is 2.74 bits per heavy atom. The monoisotopic (exact) mass is 278 g/mol. The molecule has 0 aromatic heterocycles. The molecule has 0 heterocycles. The van der Waals surface area contributed by atoms with Crippen LogP contribution in [0.3, 0.4) is 0 Å². The van der Waals surface area contributed by atoms with Crippen LogP contribution in [0.1, 0.15) is 36.0 Å². The number of rotatable bonds is 4. The third kappa shape index (κ3) is 2.92. The minimum absolute atomic E-state index is 0.0881. The molecule has 0 atom stereocenters. The van der Waals surface area contributed by atoms with Crippen molar-refractivity contribution >= 4 is 23.2 Å². The van der Waals surface area contributed by atoms with Crippen LogP contribution in [-0.4, -0.2) is 23.4 Å². The van der Waals surface area contributed by atoms with E-state index in [1.807, 2.05) is 4.90 Å². The van der Waals surface area contributed by atoms with Crippen molar-refractivity contribution in [1.29, 1.82) is 0 Å². The summed E-state index contributed by atoms with van der Waals surface area (Å²) in [5.74, 6) is -0.0881. The lowest BCUT2D eigenvalue weighted by Gasteiger charge is -2.28. The van der Waals surface area contributed by atoms with E-state index in [-0.39, 0.29) is 11.9 Å². The van der Waals surface area contributed by atoms with Crippen molar-refractivity contribution in [2.45, 2.75) is 31.7 Å². The number of hydrogen-bond acceptors (Lipinski definition) is 2. The van der Waals surface area contributed by atoms with Gasteiger partial charge in [0, 0.05) is 18.3 Å². The molecule has 3 nitrogen and oxygen atoms in total. The zero-order chi connectivity index (χ0) is 13.8. The number of hydrogen-bond donors (Lipinski definition) is 1. The zero-order valence-electron chi connectivity index (χ0n) is 10.9. The van der Waals surface area contributed by atoms with Gasteiger partial charge in [-0.3, -0.25) is 4.79 Å². The van der Waals surface area contributed by atoms with Crippen LogP contribution in [0.15, 0.2) is 30.9 Å². The van der Waals surface area contributed by atoms with E-state index >= 15 is 0 Å². The topological polar surface area (TPSA) is 46.3 Å². The summed E-state index contributed by atoms with van der Waals surface area (Å²) >= 11 is 6.12. The molecule has 2 rings (SSSR count). The Hall–Kier alpha value is -1.48. The van der Waals surface area contributed by atoms with Crippen molar-refractivity contribution in [2.24, 2.45) is 0 Å². The number of carbonyl (C=O) groups excluding carboxylic acids is 1. The smallest absolute Gasteiger partial charge is 0.257 e. The van der Waals surface area contributed by atoms with Crippen molar-refractivity contribution in [3.63, 3.8) is 0 Å². The normalized spacial score (nSPS) is 15.4. The van der Waals surface area contributed by atoms with Crippen LogP contribution < -0.4 is 5.73 Å². The van der Waals surface area contributed by atoms with Gasteiger partial charge < -0.3 is 10.6 Å². The molecule has 4 heteroatoms. The molecule has 0 radical (unpaired) electrons. The minimum Gasteiger partial charge on any atom is -0.398 e. The summed E-state index contributed by atoms with van der Waals surface area (Å²) in [6, 6.07) is 5.44. The van der Waals surface area contributed by atoms with E-state index in [2.05, 4.69) is 6.58 Å². The van der Waals surface area contributed by atoms with Crippen LogP contribution in [0.5, 0.6) is 0 Å². The van der Waals surface area contributed by atoms with E-state index in [9.17, 15) is 4.79 Å². The summed E-state index contributed by atoms with van der Waals surface area (Å²) in [7, 11) is 0. The average Bonchev–Trinajstić information content (AvgIpc) is 2.89. The Labute approximate surface area is 119 Å². The van der Waals surface area contributed by atoms with Gasteiger partial charge in [0.25, 0.3) is 5.91 Å². The van der Waals surface area contributed by atoms with E-state index in [1.54, 1.807) is 24.3 Å². The van der Waals surface area contributed by atoms with Gasteiger partial charge in [0.15, 0.2) is 0 Å². The van der Waals surface area contributed by atoms with Crippen LogP contribution in [-0.2, 0) is 0 Å². The Balaban J connectivity index is 2.30. The third-order valence-electron chi connectivity index (χ3n) is 3.61. The fourth-order valence-corrected chi connectivity index (χ4v) is 2.93. The molecule has 1 aromatic carbocycles. The first-order valence-electron chi connectivity index (χ1n) is 6.61. The summed E-state index contributed by atoms with van der Waals surface area (Å²) in [6.07, 6.45) is 6.18. The molecule has 0 saturated heterocycles. The summed E-state index contributed by atoms with van der Waals surface area (Å²) in [5, 5.41) is 0.414. The maximum atomic E-state index is 12.7. The van der Waals surface area contributed by atoms with Crippen molar-refractivity contribution in [1.82, 2.24) is 4.90 Å². The summed E-state index contributed by atoms with van der Waals surface area (Å²) in [4.78, 5) is 14.5. The quantitative estimate of drug-likeness (QED) is 0.677. The lowest BCUT2D eigenvalue weighted by molar-refractivity contribution is 0.0708. The fraction of sp³-hybridized carbons (Fsp3) is 0.400. The number of amides is 1. The second-order valence-electron chi connectivity index (χ2n) is 4.89. The largest absolute Gasteiger partial charge is 0.398 e. The maximum Gasteiger partial charge on any atom is 0.257 e. The Kier molecular flexibility index (Phi) is 4.48. The minimum atomic E-state index is -0.0881. The number of anilines is 1. The summed E-state index contributed by atoms with van der Waals surface area (Å²) in [5.41, 5.74) is 6.75. The van der Waals surface area contributed by atoms with Crippen LogP contribution in [0.25, 0.3) is 0 Å². The summed E-state index contributed by atoms with van der Waals surface area (Å²) in [6.45, 7) is 4.27. The highest BCUT2D eigenvalue weighted by Gasteiger charge is 2.28. The lowest BCUT2D eigenvalue weighted by Crippen LogP contribution is -2.39. The molecule has 0 bridgehead atoms. The van der Waals surface area contributed by atoms with Gasteiger partial charge in [0.05, 0.1) is 10.6 Å². The zero-order valence-corrected chi connectivity index (χ0v) is 11.7. The second kappa shape index (κ2) is 6.11. The molecule has 19 heavy (non-hydrogen) atoms. The lowest BCUT2D eigenvalue weighted by atomic mass is 10.1. The van der Waals surface area contributed by atoms with Gasteiger partial charge in [-0.15, -0.1) is 6.58 Å². The Morgan fingerprint density at radius 1 is 1.47 bits per heavy atom. The standard InChI is InChI=1S/C15H19ClN2O/c1-2-10-18(11-6-3-4-7-11)15(19)14-12(16)8-5-9-13(14)17/h2,5,8-9,11H,1,3-4,6-7,10,17H2. The van der Waals surface area contributed by atoms with Crippen LogP contribution in [0.2, 0.25) is 5.02 Å². The van der Waals surface area contributed by atoms with Gasteiger partial charge in [0.1, 0.15) is 0 Å². The molecule has 1 saturated carbocycles. The first-order chi connectivity index (χ1) is 9.15. The average molecular weight is 279 g/mol. The highest BCUT2D eigenvalue weighted by Crippen LogP contribution is 2.29. The number of nitrogens with two attached hydrogens (primary N) is 1. The van der Waals surface area contributed by atoms with Crippen molar-refractivity contribution in [2.75, 3.05) is 12.3 Å².